The molecule has 3 rings (SSSR count). The summed E-state index contributed by atoms with van der Waals surface area (Å²) in [5, 5.41) is 1.29. The predicted octanol–water partition coefficient (Wildman–Crippen LogP) is 4.03. The summed E-state index contributed by atoms with van der Waals surface area (Å²) in [6, 6.07) is 0. The van der Waals surface area contributed by atoms with Crippen LogP contribution in [-0.4, -0.2) is 34.1 Å². The Hall–Kier alpha value is -0.920. The van der Waals surface area contributed by atoms with Gasteiger partial charge in [-0.25, -0.2) is 15.0 Å². The zero-order valence-corrected chi connectivity index (χ0v) is 15.2. The zero-order chi connectivity index (χ0) is 15.5. The van der Waals surface area contributed by atoms with Gasteiger partial charge < -0.3 is 9.64 Å². The molecule has 8 heteroatoms. The van der Waals surface area contributed by atoms with E-state index in [0.717, 1.165) is 40.9 Å². The van der Waals surface area contributed by atoms with Gasteiger partial charge in [-0.3, -0.25) is 0 Å². The second-order valence-corrected chi connectivity index (χ2v) is 8.09. The van der Waals surface area contributed by atoms with Crippen LogP contribution in [0, 0.1) is 5.92 Å². The number of nitrogens with zero attached hydrogens (tertiary/aromatic N) is 4. The number of rotatable bonds is 4. The van der Waals surface area contributed by atoms with Crippen LogP contribution in [0.4, 0.5) is 5.95 Å². The summed E-state index contributed by atoms with van der Waals surface area (Å²) in [7, 11) is 0. The Morgan fingerprint density at radius 3 is 2.55 bits per heavy atom. The molecule has 118 valence electrons. The molecular weight excluding hydrogens is 388 g/mol. The molecule has 3 heterocycles. The van der Waals surface area contributed by atoms with Crippen LogP contribution < -0.4 is 9.64 Å². The van der Waals surface area contributed by atoms with E-state index < -0.39 is 0 Å². The monoisotopic (exact) mass is 402 g/mol. The SMILES string of the molecule is CC(Oc1ncc(Br)s1)C1CCN(c2ncc(Cl)cn2)CC1. The van der Waals surface area contributed by atoms with Crippen LogP contribution in [-0.2, 0) is 0 Å². The van der Waals surface area contributed by atoms with Gasteiger partial charge in [0.25, 0.3) is 5.19 Å². The molecular formula is C14H16BrClN4OS. The van der Waals surface area contributed by atoms with E-state index in [9.17, 15) is 0 Å². The van der Waals surface area contributed by atoms with Crippen LogP contribution in [0.15, 0.2) is 22.4 Å². The number of hydrogen-bond acceptors (Lipinski definition) is 6. The second kappa shape index (κ2) is 7.10. The lowest BCUT2D eigenvalue weighted by Crippen LogP contribution is -2.39. The molecule has 1 unspecified atom stereocenters. The number of thiazole rings is 1. The molecule has 0 aliphatic carbocycles. The van der Waals surface area contributed by atoms with Crippen molar-refractivity contribution in [2.24, 2.45) is 5.92 Å². The normalized spacial score (nSPS) is 17.5. The van der Waals surface area contributed by atoms with Crippen LogP contribution >= 0.6 is 38.9 Å². The number of ether oxygens (including phenoxy) is 1. The second-order valence-electron chi connectivity index (χ2n) is 5.28. The maximum Gasteiger partial charge on any atom is 0.274 e. The molecule has 0 amide bonds. The quantitative estimate of drug-likeness (QED) is 0.771. The van der Waals surface area contributed by atoms with Crippen molar-refractivity contribution in [3.8, 4) is 5.19 Å². The van der Waals surface area contributed by atoms with Crippen LogP contribution in [0.3, 0.4) is 0 Å². The highest BCUT2D eigenvalue weighted by molar-refractivity contribution is 9.11. The molecule has 5 nitrogen and oxygen atoms in total. The highest BCUT2D eigenvalue weighted by Crippen LogP contribution is 2.30. The lowest BCUT2D eigenvalue weighted by atomic mass is 9.92. The first-order chi connectivity index (χ1) is 10.6. The number of aromatic nitrogens is 3. The van der Waals surface area contributed by atoms with Crippen LogP contribution in [0.25, 0.3) is 0 Å². The molecule has 22 heavy (non-hydrogen) atoms. The van der Waals surface area contributed by atoms with Gasteiger partial charge in [0, 0.05) is 13.1 Å². The fraction of sp³-hybridized carbons (Fsp3) is 0.500. The molecule has 0 radical (unpaired) electrons. The van der Waals surface area contributed by atoms with E-state index in [2.05, 4.69) is 42.7 Å². The summed E-state index contributed by atoms with van der Waals surface area (Å²) < 4.78 is 6.93. The highest BCUT2D eigenvalue weighted by atomic mass is 79.9. The summed E-state index contributed by atoms with van der Waals surface area (Å²) in [5.41, 5.74) is 0. The van der Waals surface area contributed by atoms with Crippen LogP contribution in [0.2, 0.25) is 5.02 Å². The molecule has 1 saturated heterocycles. The summed E-state index contributed by atoms with van der Waals surface area (Å²) in [6.45, 7) is 3.98. The largest absolute Gasteiger partial charge is 0.467 e. The van der Waals surface area contributed by atoms with Crippen molar-refractivity contribution in [2.45, 2.75) is 25.9 Å². The molecule has 2 aromatic heterocycles. The van der Waals surface area contributed by atoms with Crippen LogP contribution in [0.5, 0.6) is 5.19 Å². The summed E-state index contributed by atoms with van der Waals surface area (Å²) in [4.78, 5) is 15.0. The fourth-order valence-corrected chi connectivity index (χ4v) is 3.78. The first kappa shape index (κ1) is 16.0. The van der Waals surface area contributed by atoms with E-state index in [1.165, 1.54) is 11.3 Å². The van der Waals surface area contributed by atoms with Gasteiger partial charge in [0.1, 0.15) is 6.10 Å². The Labute approximate surface area is 146 Å². The Balaban J connectivity index is 1.53. The molecule has 0 N–H and O–H groups in total. The molecule has 0 spiro atoms. The fourth-order valence-electron chi connectivity index (χ4n) is 2.59. The topological polar surface area (TPSA) is 51.1 Å². The maximum absolute atomic E-state index is 5.94. The molecule has 0 aromatic carbocycles. The lowest BCUT2D eigenvalue weighted by Gasteiger charge is -2.34. The van der Waals surface area contributed by atoms with Gasteiger partial charge >= 0.3 is 0 Å². The smallest absolute Gasteiger partial charge is 0.274 e. The molecule has 1 fully saturated rings. The third kappa shape index (κ3) is 3.88. The maximum atomic E-state index is 5.94. The average molecular weight is 404 g/mol. The van der Waals surface area contributed by atoms with Crippen molar-refractivity contribution >= 4 is 44.8 Å². The number of anilines is 1. The minimum atomic E-state index is 0.159. The van der Waals surface area contributed by atoms with Gasteiger partial charge in [0.15, 0.2) is 0 Å². The van der Waals surface area contributed by atoms with Gasteiger partial charge in [-0.1, -0.05) is 22.9 Å². The molecule has 2 aromatic rings. The van der Waals surface area contributed by atoms with Crippen molar-refractivity contribution in [1.82, 2.24) is 15.0 Å². The first-order valence-corrected chi connectivity index (χ1v) is 9.11. The summed E-state index contributed by atoms with van der Waals surface area (Å²) in [6.07, 6.45) is 7.32. The highest BCUT2D eigenvalue weighted by Gasteiger charge is 2.26. The molecule has 1 aliphatic heterocycles. The van der Waals surface area contributed by atoms with Gasteiger partial charge in [-0.15, -0.1) is 0 Å². The van der Waals surface area contributed by atoms with E-state index >= 15 is 0 Å². The van der Waals surface area contributed by atoms with Gasteiger partial charge in [0.05, 0.1) is 27.4 Å². The van der Waals surface area contributed by atoms with Gasteiger partial charge in [0.2, 0.25) is 5.95 Å². The van der Waals surface area contributed by atoms with Gasteiger partial charge in [-0.05, 0) is 41.6 Å². The molecule has 0 bridgehead atoms. The van der Waals surface area contributed by atoms with E-state index in [4.69, 9.17) is 16.3 Å². The van der Waals surface area contributed by atoms with E-state index in [-0.39, 0.29) is 6.10 Å². The van der Waals surface area contributed by atoms with Gasteiger partial charge in [-0.2, -0.15) is 0 Å². The van der Waals surface area contributed by atoms with Crippen molar-refractivity contribution in [3.05, 3.63) is 27.4 Å². The lowest BCUT2D eigenvalue weighted by molar-refractivity contribution is 0.132. The Morgan fingerprint density at radius 1 is 1.27 bits per heavy atom. The molecule has 1 atom stereocenters. The Morgan fingerprint density at radius 2 is 1.95 bits per heavy atom. The number of halogens is 2. The first-order valence-electron chi connectivity index (χ1n) is 7.12. The zero-order valence-electron chi connectivity index (χ0n) is 12.1. The van der Waals surface area contributed by atoms with Crippen molar-refractivity contribution in [3.63, 3.8) is 0 Å². The average Bonchev–Trinajstić information content (AvgIpc) is 2.93. The minimum absolute atomic E-state index is 0.159. The summed E-state index contributed by atoms with van der Waals surface area (Å²) >= 11 is 10.7. The third-order valence-electron chi connectivity index (χ3n) is 3.84. The Bertz CT molecular complexity index is 616. The van der Waals surface area contributed by atoms with Crippen LogP contribution in [0.1, 0.15) is 19.8 Å². The predicted molar refractivity (Wildman–Crippen MR) is 91.9 cm³/mol. The van der Waals surface area contributed by atoms with E-state index in [1.54, 1.807) is 18.6 Å². The molecule has 1 aliphatic rings. The van der Waals surface area contributed by atoms with E-state index in [1.807, 2.05) is 0 Å². The molecule has 0 saturated carbocycles. The summed E-state index contributed by atoms with van der Waals surface area (Å²) in [5.74, 6) is 1.27. The Kier molecular flexibility index (Phi) is 5.15. The van der Waals surface area contributed by atoms with Crippen molar-refractivity contribution in [2.75, 3.05) is 18.0 Å². The third-order valence-corrected chi connectivity index (χ3v) is 5.40. The minimum Gasteiger partial charge on any atom is -0.467 e. The standard InChI is InChI=1S/C14H16BrClN4OS/c1-9(21-14-19-8-12(15)22-14)10-2-4-20(5-3-10)13-17-6-11(16)7-18-13/h6-10H,2-5H2,1H3. The van der Waals surface area contributed by atoms with Crippen molar-refractivity contribution < 1.29 is 4.74 Å². The number of hydrogen-bond donors (Lipinski definition) is 0. The number of piperidine rings is 1. The van der Waals surface area contributed by atoms with Crippen molar-refractivity contribution in [1.29, 1.82) is 0 Å². The van der Waals surface area contributed by atoms with E-state index in [0.29, 0.717) is 10.9 Å².